The summed E-state index contributed by atoms with van der Waals surface area (Å²) in [5.74, 6) is -1.09. The zero-order chi connectivity index (χ0) is 63.9. The van der Waals surface area contributed by atoms with Crippen LogP contribution >= 0.6 is 24.1 Å². The number of hydrogen-bond acceptors (Lipinski definition) is 21. The molecule has 0 amide bonds. The molecule has 0 bridgehead atoms. The van der Waals surface area contributed by atoms with E-state index in [1.807, 2.05) is 64.1 Å². The van der Waals surface area contributed by atoms with Gasteiger partial charge in [-0.1, -0.05) is 148 Å². The van der Waals surface area contributed by atoms with Crippen LogP contribution in [0.5, 0.6) is 17.2 Å². The lowest BCUT2D eigenvalue weighted by Crippen LogP contribution is -2.20. The van der Waals surface area contributed by atoms with Crippen molar-refractivity contribution in [2.45, 2.75) is 87.3 Å². The Bertz CT molecular complexity index is 3340. The molecular weight excluding hydrogens is 1220 g/mol. The highest BCUT2D eigenvalue weighted by Crippen LogP contribution is 2.42. The van der Waals surface area contributed by atoms with Gasteiger partial charge in [0.1, 0.15) is 27.0 Å². The van der Waals surface area contributed by atoms with Crippen LogP contribution in [0.4, 0.5) is 0 Å². The third-order valence-electron chi connectivity index (χ3n) is 9.17. The second-order valence-electron chi connectivity index (χ2n) is 16.1. The molecule has 0 aliphatic carbocycles. The molecular formula is C51H68O24S7. The van der Waals surface area contributed by atoms with Gasteiger partial charge in [-0.25, -0.2) is 10.5 Å². The molecule has 6 rings (SSSR count). The Kier molecular flexibility index (Phi) is 36.2. The lowest BCUT2D eigenvalue weighted by molar-refractivity contribution is -0.432. The molecule has 6 aromatic rings. The molecule has 0 heterocycles. The molecule has 0 aliphatic heterocycles. The molecule has 0 aromatic heterocycles. The number of hydrogen-bond donors (Lipinski definition) is 7. The highest BCUT2D eigenvalue weighted by molar-refractivity contribution is 7.95. The summed E-state index contributed by atoms with van der Waals surface area (Å²) in [5, 5.41) is 24.6. The van der Waals surface area contributed by atoms with Crippen LogP contribution < -0.4 is 9.47 Å². The van der Waals surface area contributed by atoms with Gasteiger partial charge in [0, 0.05) is 21.4 Å². The topological polar surface area (TPSA) is 385 Å². The summed E-state index contributed by atoms with van der Waals surface area (Å²) in [6.07, 6.45) is 2.15. The normalized spacial score (nSPS) is 11.0. The Labute approximate surface area is 488 Å². The minimum atomic E-state index is -4.97. The zero-order valence-electron chi connectivity index (χ0n) is 46.6. The number of ketones is 1. The number of benzene rings is 6. The van der Waals surface area contributed by atoms with Gasteiger partial charge < -0.3 is 9.47 Å². The van der Waals surface area contributed by atoms with Crippen molar-refractivity contribution in [2.75, 3.05) is 25.9 Å². The standard InChI is InChI=1S/C30H28O15S4.2C7H8.2C2H6.3CH4O3S/c1-17-5-6-18(13-25(17)46-44-42-32)29(31)19-7-10-24(27(14-19)48(34,35)36)41-22-11-8-20(15-26(22)47-45-43-33)30(2,3)21-9-12-23(40-4)28(16-21)49(37,38)39;2*1-7-5-3-2-4-6-7;2*1-2;3*1-5(2,3)4/h5-16,32-33H,1-4H3,(H,34,35,36)(H,37,38,39);2*2-6H,1H3;2*1-2H3;3*1H3,(H,2,3,4). The highest BCUT2D eigenvalue weighted by Gasteiger charge is 2.29. The maximum atomic E-state index is 13.3. The van der Waals surface area contributed by atoms with Gasteiger partial charge in [0.05, 0.1) is 54.9 Å². The van der Waals surface area contributed by atoms with Gasteiger partial charge in [-0.2, -0.15) is 42.1 Å². The summed E-state index contributed by atoms with van der Waals surface area (Å²) in [7, 11) is -19.4. The van der Waals surface area contributed by atoms with E-state index in [0.717, 1.165) is 12.1 Å². The number of aryl methyl sites for hydroxylation is 3. The molecule has 0 unspecified atom stereocenters. The highest BCUT2D eigenvalue weighted by atomic mass is 32.2. The summed E-state index contributed by atoms with van der Waals surface area (Å²) in [6, 6.07) is 37.2. The van der Waals surface area contributed by atoms with Crippen LogP contribution in [0.25, 0.3) is 0 Å². The predicted molar refractivity (Wildman–Crippen MR) is 311 cm³/mol. The molecule has 0 atom stereocenters. The molecule has 0 aliphatic rings. The van der Waals surface area contributed by atoms with Crippen LogP contribution in [0.3, 0.4) is 0 Å². The lowest BCUT2D eigenvalue weighted by atomic mass is 9.78. The number of ether oxygens (including phenoxy) is 2. The van der Waals surface area contributed by atoms with Crippen molar-refractivity contribution >= 4 is 80.5 Å². The van der Waals surface area contributed by atoms with Gasteiger partial charge in [0.25, 0.3) is 50.6 Å². The first-order valence-electron chi connectivity index (χ1n) is 23.2. The number of rotatable bonds is 15. The molecule has 24 nitrogen and oxygen atoms in total. The number of carbonyl (C=O) groups is 1. The van der Waals surface area contributed by atoms with E-state index in [4.69, 9.17) is 33.6 Å². The van der Waals surface area contributed by atoms with Crippen molar-refractivity contribution in [3.8, 4) is 17.2 Å². The molecule has 458 valence electrons. The van der Waals surface area contributed by atoms with E-state index in [0.29, 0.717) is 64.4 Å². The molecule has 0 saturated carbocycles. The van der Waals surface area contributed by atoms with E-state index in [9.17, 15) is 56.0 Å². The Morgan fingerprint density at radius 3 is 1.20 bits per heavy atom. The fourth-order valence-electron chi connectivity index (χ4n) is 5.70. The predicted octanol–water partition coefficient (Wildman–Crippen LogP) is 11.3. The molecule has 31 heteroatoms. The third-order valence-corrected chi connectivity index (χ3v) is 12.3. The summed E-state index contributed by atoms with van der Waals surface area (Å²) < 4.78 is 166. The van der Waals surface area contributed by atoms with Crippen molar-refractivity contribution in [2.24, 2.45) is 0 Å². The Balaban J connectivity index is 0. The van der Waals surface area contributed by atoms with Gasteiger partial charge in [-0.15, -0.1) is 8.67 Å². The van der Waals surface area contributed by atoms with Gasteiger partial charge in [0.2, 0.25) is 0 Å². The minimum Gasteiger partial charge on any atom is -0.495 e. The van der Waals surface area contributed by atoms with Crippen LogP contribution in [0.1, 0.15) is 85.3 Å². The van der Waals surface area contributed by atoms with E-state index < -0.39 is 71.6 Å². The van der Waals surface area contributed by atoms with Crippen LogP contribution in [0.2, 0.25) is 0 Å². The molecule has 82 heavy (non-hydrogen) atoms. The van der Waals surface area contributed by atoms with E-state index in [-0.39, 0.29) is 33.3 Å². The van der Waals surface area contributed by atoms with Crippen LogP contribution in [0, 0.1) is 20.8 Å². The van der Waals surface area contributed by atoms with Crippen LogP contribution in [-0.2, 0) is 74.7 Å². The minimum absolute atomic E-state index is 0.0368. The van der Waals surface area contributed by atoms with Crippen LogP contribution in [-0.4, -0.2) is 107 Å². The largest absolute Gasteiger partial charge is 0.495 e. The first-order valence-corrected chi connectivity index (χ1v) is 33.1. The van der Waals surface area contributed by atoms with Gasteiger partial charge in [-0.3, -0.25) is 27.6 Å². The molecule has 0 radical (unpaired) electrons. The van der Waals surface area contributed by atoms with E-state index in [2.05, 4.69) is 56.9 Å². The van der Waals surface area contributed by atoms with Crippen molar-refractivity contribution in [1.29, 1.82) is 0 Å². The van der Waals surface area contributed by atoms with E-state index >= 15 is 0 Å². The smallest absolute Gasteiger partial charge is 0.298 e. The van der Waals surface area contributed by atoms with Gasteiger partial charge in [-0.05, 0) is 86.0 Å². The molecule has 7 N–H and O–H groups in total. The number of methoxy groups -OCH3 is 1. The first-order chi connectivity index (χ1) is 37.8. The van der Waals surface area contributed by atoms with Gasteiger partial charge >= 0.3 is 0 Å². The Morgan fingerprint density at radius 2 is 0.817 bits per heavy atom. The molecule has 6 aromatic carbocycles. The maximum absolute atomic E-state index is 13.3. The second-order valence-corrected chi connectivity index (χ2v) is 24.8. The van der Waals surface area contributed by atoms with Crippen molar-refractivity contribution in [3.05, 3.63) is 172 Å². The van der Waals surface area contributed by atoms with E-state index in [1.165, 1.54) is 60.7 Å². The fourth-order valence-corrected chi connectivity index (χ4v) is 7.97. The average molecular weight is 1290 g/mol. The van der Waals surface area contributed by atoms with Crippen molar-refractivity contribution in [1.82, 2.24) is 0 Å². The molecule has 0 spiro atoms. The molecule has 0 fully saturated rings. The van der Waals surface area contributed by atoms with Crippen molar-refractivity contribution in [3.63, 3.8) is 0 Å². The summed E-state index contributed by atoms with van der Waals surface area (Å²) >= 11 is 1.12. The Hall–Kier alpha value is -5.40. The summed E-state index contributed by atoms with van der Waals surface area (Å²) in [5.41, 5.74) is 3.39. The third kappa shape index (κ3) is 34.3. The van der Waals surface area contributed by atoms with Crippen molar-refractivity contribution < 1.29 is 108 Å². The second kappa shape index (κ2) is 37.7. The zero-order valence-corrected chi connectivity index (χ0v) is 52.3. The van der Waals surface area contributed by atoms with Gasteiger partial charge in [0.15, 0.2) is 5.78 Å². The van der Waals surface area contributed by atoms with E-state index in [1.54, 1.807) is 39.0 Å². The fraction of sp³-hybridized carbons (Fsp3) is 0.275. The first kappa shape index (κ1) is 78.7. The molecule has 0 saturated heterocycles. The lowest BCUT2D eigenvalue weighted by Gasteiger charge is -2.28. The quantitative estimate of drug-likeness (QED) is 0.0165. The maximum Gasteiger partial charge on any atom is 0.298 e. The average Bonchev–Trinajstić information content (AvgIpc) is 3.39. The summed E-state index contributed by atoms with van der Waals surface area (Å²) in [4.78, 5) is 12.7. The summed E-state index contributed by atoms with van der Waals surface area (Å²) in [6.45, 7) is 17.4. The van der Waals surface area contributed by atoms with Crippen LogP contribution in [0.15, 0.2) is 153 Å². The SMILES string of the molecule is CC.CC.COc1ccc(C(C)(C)c2ccc(Oc3ccc(C(=O)c4ccc(C)c(SOOO)c4)cc3S(=O)(=O)O)c(SOOO)c2)cc1S(=O)(=O)O.CS(=O)(=O)O.CS(=O)(=O)O.CS(=O)(=O)O.Cc1ccccc1.Cc1ccccc1. The Morgan fingerprint density at radius 1 is 0.463 bits per heavy atom. The monoisotopic (exact) mass is 1290 g/mol. The number of carbonyl (C=O) groups excluding carboxylic acids is 1.